The summed E-state index contributed by atoms with van der Waals surface area (Å²) >= 11 is 0. The molecule has 27 heavy (non-hydrogen) atoms. The standard InChI is InChI=1S/C22H17N3O2/c26-22(27)17-12-10-15(11-13-17)14-23-21-18-8-4-5-9-19(18)24-20(25-21)16-6-2-1-3-7-16/h1-13H,14H2,(H,26,27)(H,23,24,25). The number of hydrogen-bond acceptors (Lipinski definition) is 4. The van der Waals surface area contributed by atoms with Gasteiger partial charge in [-0.3, -0.25) is 0 Å². The minimum atomic E-state index is -0.927. The minimum absolute atomic E-state index is 0.276. The van der Waals surface area contributed by atoms with E-state index in [0.29, 0.717) is 12.4 Å². The van der Waals surface area contributed by atoms with Gasteiger partial charge in [0.15, 0.2) is 5.82 Å². The molecule has 1 aromatic heterocycles. The molecule has 0 fully saturated rings. The number of carboxylic acids is 1. The number of rotatable bonds is 5. The number of carbonyl (C=O) groups is 1. The predicted molar refractivity (Wildman–Crippen MR) is 106 cm³/mol. The molecule has 0 aliphatic rings. The molecule has 3 aromatic carbocycles. The zero-order chi connectivity index (χ0) is 18.6. The Bertz CT molecular complexity index is 1090. The fraction of sp³-hybridized carbons (Fsp3) is 0.0455. The Hall–Kier alpha value is -3.73. The van der Waals surface area contributed by atoms with E-state index in [1.165, 1.54) is 0 Å². The molecule has 1 heterocycles. The van der Waals surface area contributed by atoms with Crippen molar-refractivity contribution in [2.45, 2.75) is 6.54 Å². The largest absolute Gasteiger partial charge is 0.478 e. The van der Waals surface area contributed by atoms with E-state index in [1.807, 2.05) is 54.6 Å². The summed E-state index contributed by atoms with van der Waals surface area (Å²) in [6.07, 6.45) is 0. The van der Waals surface area contributed by atoms with Gasteiger partial charge in [-0.1, -0.05) is 54.6 Å². The van der Waals surface area contributed by atoms with Crippen LogP contribution in [0.3, 0.4) is 0 Å². The second kappa shape index (κ2) is 7.25. The van der Waals surface area contributed by atoms with E-state index in [-0.39, 0.29) is 5.56 Å². The molecular formula is C22H17N3O2. The number of benzene rings is 3. The Labute approximate surface area is 156 Å². The molecule has 5 nitrogen and oxygen atoms in total. The van der Waals surface area contributed by atoms with Crippen molar-refractivity contribution in [3.05, 3.63) is 90.0 Å². The second-order valence-electron chi connectivity index (χ2n) is 6.13. The quantitative estimate of drug-likeness (QED) is 0.547. The van der Waals surface area contributed by atoms with E-state index in [9.17, 15) is 4.79 Å². The molecule has 0 saturated carbocycles. The number of anilines is 1. The first-order valence-electron chi connectivity index (χ1n) is 8.59. The van der Waals surface area contributed by atoms with Crippen LogP contribution in [-0.4, -0.2) is 21.0 Å². The minimum Gasteiger partial charge on any atom is -0.478 e. The fourth-order valence-electron chi connectivity index (χ4n) is 2.88. The lowest BCUT2D eigenvalue weighted by Gasteiger charge is -2.11. The smallest absolute Gasteiger partial charge is 0.335 e. The van der Waals surface area contributed by atoms with E-state index in [0.717, 1.165) is 27.8 Å². The monoisotopic (exact) mass is 355 g/mol. The van der Waals surface area contributed by atoms with Crippen LogP contribution in [0.1, 0.15) is 15.9 Å². The van der Waals surface area contributed by atoms with Crippen LogP contribution in [0.2, 0.25) is 0 Å². The zero-order valence-electron chi connectivity index (χ0n) is 14.5. The van der Waals surface area contributed by atoms with E-state index < -0.39 is 5.97 Å². The van der Waals surface area contributed by atoms with Crippen molar-refractivity contribution in [2.75, 3.05) is 5.32 Å². The Kier molecular flexibility index (Phi) is 4.49. The first-order valence-corrected chi connectivity index (χ1v) is 8.59. The lowest BCUT2D eigenvalue weighted by molar-refractivity contribution is 0.0697. The maximum atomic E-state index is 11.0. The molecule has 0 bridgehead atoms. The Morgan fingerprint density at radius 1 is 0.852 bits per heavy atom. The van der Waals surface area contributed by atoms with Crippen molar-refractivity contribution in [3.8, 4) is 11.4 Å². The molecule has 132 valence electrons. The molecule has 0 radical (unpaired) electrons. The van der Waals surface area contributed by atoms with Gasteiger partial charge in [0.25, 0.3) is 0 Å². The van der Waals surface area contributed by atoms with Crippen molar-refractivity contribution < 1.29 is 9.90 Å². The number of aromatic nitrogens is 2. The number of nitrogens with zero attached hydrogens (tertiary/aromatic N) is 2. The van der Waals surface area contributed by atoms with Crippen LogP contribution in [-0.2, 0) is 6.54 Å². The number of nitrogens with one attached hydrogen (secondary N) is 1. The summed E-state index contributed by atoms with van der Waals surface area (Å²) in [5, 5.41) is 13.3. The van der Waals surface area contributed by atoms with Gasteiger partial charge in [0.1, 0.15) is 5.82 Å². The number of fused-ring (bicyclic) bond motifs is 1. The van der Waals surface area contributed by atoms with Crippen LogP contribution in [0.15, 0.2) is 78.9 Å². The molecule has 0 atom stereocenters. The van der Waals surface area contributed by atoms with Crippen LogP contribution >= 0.6 is 0 Å². The second-order valence-corrected chi connectivity index (χ2v) is 6.13. The Balaban J connectivity index is 1.66. The molecule has 5 heteroatoms. The fourth-order valence-corrected chi connectivity index (χ4v) is 2.88. The van der Waals surface area contributed by atoms with Gasteiger partial charge in [0, 0.05) is 17.5 Å². The number of para-hydroxylation sites is 1. The number of carboxylic acid groups (broad SMARTS) is 1. The molecule has 0 unspecified atom stereocenters. The van der Waals surface area contributed by atoms with Crippen LogP contribution < -0.4 is 5.32 Å². The predicted octanol–water partition coefficient (Wildman–Crippen LogP) is 4.61. The maximum Gasteiger partial charge on any atom is 0.335 e. The lowest BCUT2D eigenvalue weighted by Crippen LogP contribution is -2.05. The van der Waals surface area contributed by atoms with Crippen molar-refractivity contribution in [2.24, 2.45) is 0 Å². The van der Waals surface area contributed by atoms with Gasteiger partial charge in [0.05, 0.1) is 11.1 Å². The van der Waals surface area contributed by atoms with Gasteiger partial charge in [-0.2, -0.15) is 0 Å². The summed E-state index contributed by atoms with van der Waals surface area (Å²) in [6.45, 7) is 0.537. The topological polar surface area (TPSA) is 75.1 Å². The molecule has 4 rings (SSSR count). The highest BCUT2D eigenvalue weighted by Crippen LogP contribution is 2.25. The van der Waals surface area contributed by atoms with Crippen LogP contribution in [0.5, 0.6) is 0 Å². The molecule has 0 amide bonds. The van der Waals surface area contributed by atoms with Crippen LogP contribution in [0.25, 0.3) is 22.3 Å². The van der Waals surface area contributed by atoms with Crippen LogP contribution in [0.4, 0.5) is 5.82 Å². The highest BCUT2D eigenvalue weighted by Gasteiger charge is 2.09. The molecule has 0 aliphatic carbocycles. The average molecular weight is 355 g/mol. The highest BCUT2D eigenvalue weighted by atomic mass is 16.4. The van der Waals surface area contributed by atoms with E-state index in [4.69, 9.17) is 10.1 Å². The van der Waals surface area contributed by atoms with Gasteiger partial charge in [-0.05, 0) is 29.8 Å². The Morgan fingerprint density at radius 2 is 1.56 bits per heavy atom. The van der Waals surface area contributed by atoms with Crippen LogP contribution in [0, 0.1) is 0 Å². The van der Waals surface area contributed by atoms with Gasteiger partial charge < -0.3 is 10.4 Å². The van der Waals surface area contributed by atoms with Gasteiger partial charge in [-0.25, -0.2) is 14.8 Å². The van der Waals surface area contributed by atoms with Crippen molar-refractivity contribution in [1.29, 1.82) is 0 Å². The first kappa shape index (κ1) is 16.7. The molecule has 4 aromatic rings. The molecule has 2 N–H and O–H groups in total. The summed E-state index contributed by atoms with van der Waals surface area (Å²) in [4.78, 5) is 20.4. The molecule has 0 spiro atoms. The van der Waals surface area contributed by atoms with E-state index in [2.05, 4.69) is 10.3 Å². The third kappa shape index (κ3) is 3.62. The molecular weight excluding hydrogens is 338 g/mol. The number of aromatic carboxylic acids is 1. The summed E-state index contributed by atoms with van der Waals surface area (Å²) in [6, 6.07) is 24.5. The SMILES string of the molecule is O=C(O)c1ccc(CNc2nc(-c3ccccc3)nc3ccccc23)cc1. The number of hydrogen-bond donors (Lipinski definition) is 2. The maximum absolute atomic E-state index is 11.0. The van der Waals surface area contributed by atoms with E-state index >= 15 is 0 Å². The van der Waals surface area contributed by atoms with Crippen molar-refractivity contribution >= 4 is 22.7 Å². The van der Waals surface area contributed by atoms with Crippen molar-refractivity contribution in [3.63, 3.8) is 0 Å². The first-order chi connectivity index (χ1) is 13.2. The van der Waals surface area contributed by atoms with E-state index in [1.54, 1.807) is 24.3 Å². The molecule has 0 saturated heterocycles. The normalized spacial score (nSPS) is 10.7. The lowest BCUT2D eigenvalue weighted by atomic mass is 10.1. The summed E-state index contributed by atoms with van der Waals surface area (Å²) in [5.41, 5.74) is 3.08. The zero-order valence-corrected chi connectivity index (χ0v) is 14.5. The summed E-state index contributed by atoms with van der Waals surface area (Å²) < 4.78 is 0. The van der Waals surface area contributed by atoms with Crippen molar-refractivity contribution in [1.82, 2.24) is 9.97 Å². The van der Waals surface area contributed by atoms with Gasteiger partial charge in [0.2, 0.25) is 0 Å². The highest BCUT2D eigenvalue weighted by molar-refractivity contribution is 5.90. The summed E-state index contributed by atoms with van der Waals surface area (Å²) in [7, 11) is 0. The molecule has 0 aliphatic heterocycles. The third-order valence-corrected chi connectivity index (χ3v) is 4.30. The Morgan fingerprint density at radius 3 is 2.30 bits per heavy atom. The van der Waals surface area contributed by atoms with Gasteiger partial charge >= 0.3 is 5.97 Å². The average Bonchev–Trinajstić information content (AvgIpc) is 2.72. The van der Waals surface area contributed by atoms with Gasteiger partial charge in [-0.15, -0.1) is 0 Å². The third-order valence-electron chi connectivity index (χ3n) is 4.30. The summed E-state index contributed by atoms with van der Waals surface area (Å²) in [5.74, 6) is 0.489.